The average molecular weight is 469 g/mol. The number of nitro groups is 1. The zero-order valence-corrected chi connectivity index (χ0v) is 19.3. The van der Waals surface area contributed by atoms with Crippen molar-refractivity contribution in [1.82, 2.24) is 9.97 Å². The number of anilines is 1. The zero-order chi connectivity index (χ0) is 24.8. The number of rotatable bonds is 7. The van der Waals surface area contributed by atoms with E-state index in [9.17, 15) is 10.1 Å². The third-order valence-electron chi connectivity index (χ3n) is 5.26. The predicted molar refractivity (Wildman–Crippen MR) is 136 cm³/mol. The van der Waals surface area contributed by atoms with Gasteiger partial charge in [0.05, 0.1) is 30.0 Å². The average Bonchev–Trinajstić information content (AvgIpc) is 2.88. The lowest BCUT2D eigenvalue weighted by Crippen LogP contribution is -2.24. The van der Waals surface area contributed by atoms with E-state index in [1.807, 2.05) is 55.5 Å². The van der Waals surface area contributed by atoms with Gasteiger partial charge in [-0.2, -0.15) is 0 Å². The van der Waals surface area contributed by atoms with Gasteiger partial charge in [0.1, 0.15) is 5.75 Å². The molecule has 0 saturated heterocycles. The van der Waals surface area contributed by atoms with Gasteiger partial charge in [0.2, 0.25) is 5.95 Å². The number of hydrogen-bond acceptors (Lipinski definition) is 6. The Labute approximate surface area is 202 Å². The molecule has 3 aromatic carbocycles. The minimum atomic E-state index is -0.441. The van der Waals surface area contributed by atoms with E-state index in [0.717, 1.165) is 11.1 Å². The van der Waals surface area contributed by atoms with E-state index in [-0.39, 0.29) is 17.6 Å². The third-order valence-corrected chi connectivity index (χ3v) is 5.26. The largest absolute Gasteiger partial charge is 0.497 e. The molecule has 35 heavy (non-hydrogen) atoms. The van der Waals surface area contributed by atoms with Crippen LogP contribution in [0.1, 0.15) is 11.1 Å². The molecule has 4 rings (SSSR count). The number of non-ortho nitro benzene ring substituents is 1. The molecule has 9 nitrogen and oxygen atoms in total. The molecule has 0 bridgehead atoms. The van der Waals surface area contributed by atoms with Crippen LogP contribution in [0.2, 0.25) is 0 Å². The molecule has 1 aromatic heterocycles. The van der Waals surface area contributed by atoms with E-state index in [2.05, 4.69) is 20.3 Å². The molecular formula is C26H24N6O3. The number of hydrogen-bond donors (Lipinski definition) is 2. The van der Waals surface area contributed by atoms with Crippen molar-refractivity contribution in [2.45, 2.75) is 13.5 Å². The summed E-state index contributed by atoms with van der Waals surface area (Å²) in [5.41, 5.74) is 10.8. The molecule has 9 heteroatoms. The SMILES string of the molecule is COc1ccc(-c2cc(-c3cccc([N+](=O)[O-])c3)nc(NC(N)=NCc3ccc(C)cc3)n2)cc1. The second-order valence-corrected chi connectivity index (χ2v) is 7.81. The molecule has 4 aromatic rings. The van der Waals surface area contributed by atoms with Crippen molar-refractivity contribution >= 4 is 17.6 Å². The summed E-state index contributed by atoms with van der Waals surface area (Å²) in [4.78, 5) is 24.3. The van der Waals surface area contributed by atoms with Gasteiger partial charge < -0.3 is 10.5 Å². The zero-order valence-electron chi connectivity index (χ0n) is 19.3. The molecule has 0 aliphatic heterocycles. The van der Waals surface area contributed by atoms with Crippen molar-refractivity contribution < 1.29 is 9.66 Å². The van der Waals surface area contributed by atoms with E-state index < -0.39 is 4.92 Å². The molecule has 0 unspecified atom stereocenters. The minimum absolute atomic E-state index is 0.0270. The van der Waals surface area contributed by atoms with Gasteiger partial charge >= 0.3 is 0 Å². The highest BCUT2D eigenvalue weighted by Crippen LogP contribution is 2.28. The van der Waals surface area contributed by atoms with Gasteiger partial charge in [0.25, 0.3) is 5.69 Å². The molecular weight excluding hydrogens is 444 g/mol. The number of methoxy groups -OCH3 is 1. The van der Waals surface area contributed by atoms with Crippen molar-refractivity contribution in [3.63, 3.8) is 0 Å². The smallest absolute Gasteiger partial charge is 0.270 e. The Hall–Kier alpha value is -4.79. The molecule has 0 aliphatic rings. The fourth-order valence-corrected chi connectivity index (χ4v) is 3.36. The Kier molecular flexibility index (Phi) is 6.96. The number of ether oxygens (including phenoxy) is 1. The molecule has 0 saturated carbocycles. The van der Waals surface area contributed by atoms with Crippen molar-refractivity contribution in [3.8, 4) is 28.3 Å². The van der Waals surface area contributed by atoms with Crippen LogP contribution in [0.15, 0.2) is 83.9 Å². The number of guanidine groups is 1. The third kappa shape index (κ3) is 5.97. The summed E-state index contributed by atoms with van der Waals surface area (Å²) in [5.74, 6) is 1.10. The van der Waals surface area contributed by atoms with Crippen LogP contribution in [0, 0.1) is 17.0 Å². The van der Waals surface area contributed by atoms with Crippen LogP contribution in [-0.2, 0) is 6.54 Å². The van der Waals surface area contributed by atoms with E-state index in [1.165, 1.54) is 17.7 Å². The lowest BCUT2D eigenvalue weighted by molar-refractivity contribution is -0.384. The van der Waals surface area contributed by atoms with Crippen LogP contribution in [0.3, 0.4) is 0 Å². The quantitative estimate of drug-likeness (QED) is 0.170. The van der Waals surface area contributed by atoms with Gasteiger partial charge in [-0.3, -0.25) is 15.4 Å². The number of nitrogens with one attached hydrogen (secondary N) is 1. The highest BCUT2D eigenvalue weighted by Gasteiger charge is 2.13. The maximum atomic E-state index is 11.3. The van der Waals surface area contributed by atoms with Crippen LogP contribution < -0.4 is 15.8 Å². The van der Waals surface area contributed by atoms with E-state index in [0.29, 0.717) is 29.2 Å². The van der Waals surface area contributed by atoms with Gasteiger partial charge in [-0.15, -0.1) is 0 Å². The van der Waals surface area contributed by atoms with Gasteiger partial charge in [-0.1, -0.05) is 42.0 Å². The minimum Gasteiger partial charge on any atom is -0.497 e. The summed E-state index contributed by atoms with van der Waals surface area (Å²) in [7, 11) is 1.60. The molecule has 1 heterocycles. The van der Waals surface area contributed by atoms with Gasteiger partial charge in [0.15, 0.2) is 5.96 Å². The number of nitrogens with zero attached hydrogens (tertiary/aromatic N) is 4. The van der Waals surface area contributed by atoms with Gasteiger partial charge in [-0.05, 0) is 42.8 Å². The fourth-order valence-electron chi connectivity index (χ4n) is 3.36. The number of aromatic nitrogens is 2. The molecule has 0 amide bonds. The second kappa shape index (κ2) is 10.4. The second-order valence-electron chi connectivity index (χ2n) is 7.81. The Morgan fingerprint density at radius 3 is 2.34 bits per heavy atom. The molecule has 0 radical (unpaired) electrons. The molecule has 0 fully saturated rings. The summed E-state index contributed by atoms with van der Waals surface area (Å²) < 4.78 is 5.24. The first-order valence-electron chi connectivity index (χ1n) is 10.8. The van der Waals surface area contributed by atoms with E-state index >= 15 is 0 Å². The molecule has 0 spiro atoms. The van der Waals surface area contributed by atoms with E-state index in [1.54, 1.807) is 25.3 Å². The summed E-state index contributed by atoms with van der Waals surface area (Å²) >= 11 is 0. The summed E-state index contributed by atoms with van der Waals surface area (Å²) in [5, 5.41) is 14.2. The highest BCUT2D eigenvalue weighted by atomic mass is 16.6. The van der Waals surface area contributed by atoms with Gasteiger partial charge in [-0.25, -0.2) is 15.0 Å². The Morgan fingerprint density at radius 1 is 1.00 bits per heavy atom. The highest BCUT2D eigenvalue weighted by molar-refractivity contribution is 5.91. The molecule has 3 N–H and O–H groups in total. The van der Waals surface area contributed by atoms with Crippen molar-refractivity contribution in [3.05, 3.63) is 100 Å². The van der Waals surface area contributed by atoms with Crippen LogP contribution in [0.4, 0.5) is 11.6 Å². The fraction of sp³-hybridized carbons (Fsp3) is 0.115. The predicted octanol–water partition coefficient (Wildman–Crippen LogP) is 4.96. The van der Waals surface area contributed by atoms with Crippen LogP contribution in [0.5, 0.6) is 5.75 Å². The van der Waals surface area contributed by atoms with Crippen molar-refractivity contribution in [1.29, 1.82) is 0 Å². The molecule has 176 valence electrons. The first-order chi connectivity index (χ1) is 16.9. The lowest BCUT2D eigenvalue weighted by Gasteiger charge is -2.11. The lowest BCUT2D eigenvalue weighted by atomic mass is 10.1. The number of aliphatic imine (C=N–C) groups is 1. The first kappa shape index (κ1) is 23.4. The monoisotopic (exact) mass is 468 g/mol. The first-order valence-corrected chi connectivity index (χ1v) is 10.8. The van der Waals surface area contributed by atoms with Crippen molar-refractivity contribution in [2.24, 2.45) is 10.7 Å². The van der Waals surface area contributed by atoms with Crippen LogP contribution >= 0.6 is 0 Å². The number of nitro benzene ring substituents is 1. The number of nitrogens with two attached hydrogens (primary N) is 1. The number of aryl methyl sites for hydroxylation is 1. The Morgan fingerprint density at radius 2 is 1.69 bits per heavy atom. The normalized spacial score (nSPS) is 11.2. The Bertz CT molecular complexity index is 1370. The maximum absolute atomic E-state index is 11.3. The van der Waals surface area contributed by atoms with Crippen molar-refractivity contribution in [2.75, 3.05) is 12.4 Å². The Balaban J connectivity index is 1.68. The standard InChI is InChI=1S/C26H24N6O3/c1-17-6-8-18(9-7-17)16-28-25(27)31-26-29-23(19-10-12-22(35-2)13-11-19)15-24(30-26)20-4-3-5-21(14-20)32(33)34/h3-15H,16H2,1-2H3,(H3,27,28,29,30,31). The maximum Gasteiger partial charge on any atom is 0.270 e. The van der Waals surface area contributed by atoms with Crippen LogP contribution in [-0.4, -0.2) is 28.0 Å². The molecule has 0 atom stereocenters. The molecule has 0 aliphatic carbocycles. The van der Waals surface area contributed by atoms with E-state index in [4.69, 9.17) is 10.5 Å². The van der Waals surface area contributed by atoms with Gasteiger partial charge in [0, 0.05) is 23.3 Å². The summed E-state index contributed by atoms with van der Waals surface area (Å²) in [6, 6.07) is 23.5. The summed E-state index contributed by atoms with van der Waals surface area (Å²) in [6.07, 6.45) is 0. The number of benzene rings is 3. The topological polar surface area (TPSA) is 129 Å². The summed E-state index contributed by atoms with van der Waals surface area (Å²) in [6.45, 7) is 2.42. The van der Waals surface area contributed by atoms with Crippen LogP contribution in [0.25, 0.3) is 22.5 Å².